The molecular formula is C19H23N3O4S. The van der Waals surface area contributed by atoms with Crippen molar-refractivity contribution in [1.29, 1.82) is 0 Å². The lowest BCUT2D eigenvalue weighted by atomic mass is 10.1. The van der Waals surface area contributed by atoms with E-state index >= 15 is 0 Å². The maximum atomic E-state index is 12.4. The summed E-state index contributed by atoms with van der Waals surface area (Å²) in [6.07, 6.45) is 0. The highest BCUT2D eigenvalue weighted by Crippen LogP contribution is 2.16. The summed E-state index contributed by atoms with van der Waals surface area (Å²) in [6.45, 7) is 5.37. The Bertz CT molecular complexity index is 902. The minimum Gasteiger partial charge on any atom is -0.350 e. The molecule has 8 heteroatoms. The lowest BCUT2D eigenvalue weighted by Crippen LogP contribution is -2.45. The SMILES string of the molecule is CC(C)(C)NC(=O)CNC(=O)c1ccc(S(=O)(=O)Nc2ccccc2)cc1. The Labute approximate surface area is 159 Å². The molecule has 0 aliphatic heterocycles. The molecule has 0 fully saturated rings. The Hall–Kier alpha value is -2.87. The van der Waals surface area contributed by atoms with Gasteiger partial charge in [0, 0.05) is 16.8 Å². The normalized spacial score (nSPS) is 11.5. The quantitative estimate of drug-likeness (QED) is 0.704. The van der Waals surface area contributed by atoms with Crippen LogP contribution in [0.1, 0.15) is 31.1 Å². The fourth-order valence-corrected chi connectivity index (χ4v) is 3.29. The third kappa shape index (κ3) is 6.41. The Morgan fingerprint density at radius 2 is 1.52 bits per heavy atom. The smallest absolute Gasteiger partial charge is 0.261 e. The molecule has 0 atom stereocenters. The molecule has 27 heavy (non-hydrogen) atoms. The molecule has 2 amide bonds. The van der Waals surface area contributed by atoms with E-state index in [1.165, 1.54) is 24.3 Å². The molecule has 0 aliphatic rings. The van der Waals surface area contributed by atoms with Gasteiger partial charge in [0.15, 0.2) is 0 Å². The van der Waals surface area contributed by atoms with Crippen molar-refractivity contribution in [2.24, 2.45) is 0 Å². The first kappa shape index (κ1) is 20.4. The van der Waals surface area contributed by atoms with Gasteiger partial charge in [-0.05, 0) is 57.2 Å². The van der Waals surface area contributed by atoms with Crippen molar-refractivity contribution in [2.45, 2.75) is 31.2 Å². The van der Waals surface area contributed by atoms with Crippen molar-refractivity contribution in [3.05, 3.63) is 60.2 Å². The molecule has 0 saturated heterocycles. The molecule has 7 nitrogen and oxygen atoms in total. The van der Waals surface area contributed by atoms with Crippen molar-refractivity contribution in [2.75, 3.05) is 11.3 Å². The summed E-state index contributed by atoms with van der Waals surface area (Å²) in [6, 6.07) is 14.0. The van der Waals surface area contributed by atoms with Crippen LogP contribution in [-0.2, 0) is 14.8 Å². The summed E-state index contributed by atoms with van der Waals surface area (Å²) < 4.78 is 27.2. The Balaban J connectivity index is 1.99. The van der Waals surface area contributed by atoms with Gasteiger partial charge in [-0.2, -0.15) is 0 Å². The monoisotopic (exact) mass is 389 g/mol. The number of hydrogen-bond acceptors (Lipinski definition) is 4. The maximum absolute atomic E-state index is 12.4. The fraction of sp³-hybridized carbons (Fsp3) is 0.263. The number of benzene rings is 2. The molecule has 0 heterocycles. The van der Waals surface area contributed by atoms with Crippen LogP contribution < -0.4 is 15.4 Å². The van der Waals surface area contributed by atoms with Gasteiger partial charge < -0.3 is 10.6 Å². The van der Waals surface area contributed by atoms with Gasteiger partial charge in [-0.3, -0.25) is 14.3 Å². The average Bonchev–Trinajstić information content (AvgIpc) is 2.59. The molecule has 2 aromatic carbocycles. The van der Waals surface area contributed by atoms with Crippen LogP contribution in [-0.4, -0.2) is 32.3 Å². The van der Waals surface area contributed by atoms with Crippen LogP contribution in [0.2, 0.25) is 0 Å². The van der Waals surface area contributed by atoms with Gasteiger partial charge in [-0.15, -0.1) is 0 Å². The summed E-state index contributed by atoms with van der Waals surface area (Å²) in [7, 11) is -3.75. The van der Waals surface area contributed by atoms with Gasteiger partial charge in [0.2, 0.25) is 5.91 Å². The van der Waals surface area contributed by atoms with E-state index in [0.717, 1.165) is 0 Å². The van der Waals surface area contributed by atoms with Crippen LogP contribution in [0, 0.1) is 0 Å². The van der Waals surface area contributed by atoms with Gasteiger partial charge >= 0.3 is 0 Å². The Morgan fingerprint density at radius 3 is 2.07 bits per heavy atom. The van der Waals surface area contributed by atoms with Crippen molar-refractivity contribution in [1.82, 2.24) is 10.6 Å². The van der Waals surface area contributed by atoms with Gasteiger partial charge in [-0.25, -0.2) is 8.42 Å². The summed E-state index contributed by atoms with van der Waals surface area (Å²) in [5.74, 6) is -0.763. The number of carbonyl (C=O) groups is 2. The second kappa shape index (κ2) is 8.22. The van der Waals surface area contributed by atoms with Crippen molar-refractivity contribution in [3.63, 3.8) is 0 Å². The number of sulfonamides is 1. The fourth-order valence-electron chi connectivity index (χ4n) is 2.23. The van der Waals surface area contributed by atoms with E-state index in [-0.39, 0.29) is 28.4 Å². The zero-order valence-corrected chi connectivity index (χ0v) is 16.3. The molecule has 0 saturated carbocycles. The van der Waals surface area contributed by atoms with Crippen LogP contribution in [0.3, 0.4) is 0 Å². The van der Waals surface area contributed by atoms with Crippen LogP contribution in [0.25, 0.3) is 0 Å². The van der Waals surface area contributed by atoms with E-state index in [4.69, 9.17) is 0 Å². The molecule has 0 bridgehead atoms. The van der Waals surface area contributed by atoms with Crippen molar-refractivity contribution < 1.29 is 18.0 Å². The van der Waals surface area contributed by atoms with Crippen LogP contribution in [0.4, 0.5) is 5.69 Å². The molecule has 3 N–H and O–H groups in total. The van der Waals surface area contributed by atoms with E-state index in [0.29, 0.717) is 5.69 Å². The third-order valence-corrected chi connectivity index (χ3v) is 4.77. The highest BCUT2D eigenvalue weighted by atomic mass is 32.2. The van der Waals surface area contributed by atoms with Crippen LogP contribution in [0.5, 0.6) is 0 Å². The predicted molar refractivity (Wildman–Crippen MR) is 104 cm³/mol. The molecule has 144 valence electrons. The summed E-state index contributed by atoms with van der Waals surface area (Å²) in [4.78, 5) is 23.9. The molecule has 2 rings (SSSR count). The number of amides is 2. The minimum absolute atomic E-state index is 0.0355. The van der Waals surface area contributed by atoms with Crippen LogP contribution >= 0.6 is 0 Å². The molecular weight excluding hydrogens is 366 g/mol. The summed E-state index contributed by atoms with van der Waals surface area (Å²) >= 11 is 0. The van der Waals surface area contributed by atoms with Crippen LogP contribution in [0.15, 0.2) is 59.5 Å². The number of carbonyl (C=O) groups excluding carboxylic acids is 2. The third-order valence-electron chi connectivity index (χ3n) is 3.38. The molecule has 0 aromatic heterocycles. The van der Waals surface area contributed by atoms with Gasteiger partial charge in [0.1, 0.15) is 0 Å². The first-order valence-corrected chi connectivity index (χ1v) is 9.82. The van der Waals surface area contributed by atoms with E-state index in [2.05, 4.69) is 15.4 Å². The number of nitrogens with one attached hydrogen (secondary N) is 3. The van der Waals surface area contributed by atoms with E-state index < -0.39 is 15.9 Å². The number of para-hydroxylation sites is 1. The van der Waals surface area contributed by atoms with Gasteiger partial charge in [0.05, 0.1) is 11.4 Å². The number of anilines is 1. The van der Waals surface area contributed by atoms with Gasteiger partial charge in [-0.1, -0.05) is 18.2 Å². The minimum atomic E-state index is -3.75. The Morgan fingerprint density at radius 1 is 0.926 bits per heavy atom. The van der Waals surface area contributed by atoms with E-state index in [1.807, 2.05) is 20.8 Å². The lowest BCUT2D eigenvalue weighted by molar-refractivity contribution is -0.121. The van der Waals surface area contributed by atoms with E-state index in [1.54, 1.807) is 30.3 Å². The number of hydrogen-bond donors (Lipinski definition) is 3. The van der Waals surface area contributed by atoms with Gasteiger partial charge in [0.25, 0.3) is 15.9 Å². The zero-order chi connectivity index (χ0) is 20.1. The molecule has 2 aromatic rings. The standard InChI is InChI=1S/C19H23N3O4S/c1-19(2,3)21-17(23)13-20-18(24)14-9-11-16(12-10-14)27(25,26)22-15-7-5-4-6-8-15/h4-12,22H,13H2,1-3H3,(H,20,24)(H,21,23). The van der Waals surface area contributed by atoms with E-state index in [9.17, 15) is 18.0 Å². The molecule has 0 radical (unpaired) electrons. The second-order valence-electron chi connectivity index (χ2n) is 6.98. The molecule has 0 unspecified atom stereocenters. The predicted octanol–water partition coefficient (Wildman–Crippen LogP) is 2.13. The molecule has 0 spiro atoms. The maximum Gasteiger partial charge on any atom is 0.261 e. The first-order valence-electron chi connectivity index (χ1n) is 8.34. The highest BCUT2D eigenvalue weighted by Gasteiger charge is 2.17. The largest absolute Gasteiger partial charge is 0.350 e. The van der Waals surface area contributed by atoms with Crippen molar-refractivity contribution >= 4 is 27.5 Å². The average molecular weight is 389 g/mol. The van der Waals surface area contributed by atoms with Crippen molar-refractivity contribution in [3.8, 4) is 0 Å². The number of rotatable bonds is 6. The zero-order valence-electron chi connectivity index (χ0n) is 15.4. The summed E-state index contributed by atoms with van der Waals surface area (Å²) in [5.41, 5.74) is 0.324. The molecule has 0 aliphatic carbocycles. The Kier molecular flexibility index (Phi) is 6.22. The lowest BCUT2D eigenvalue weighted by Gasteiger charge is -2.20. The second-order valence-corrected chi connectivity index (χ2v) is 8.66. The topological polar surface area (TPSA) is 104 Å². The highest BCUT2D eigenvalue weighted by molar-refractivity contribution is 7.92. The first-order chi connectivity index (χ1) is 12.6. The summed E-state index contributed by atoms with van der Waals surface area (Å²) in [5, 5.41) is 5.24.